The van der Waals surface area contributed by atoms with Gasteiger partial charge in [-0.1, -0.05) is 18.2 Å². The molecule has 2 amide bonds. The second kappa shape index (κ2) is 6.83. The molecule has 26 heavy (non-hydrogen) atoms. The van der Waals surface area contributed by atoms with Gasteiger partial charge in [0, 0.05) is 29.5 Å². The summed E-state index contributed by atoms with van der Waals surface area (Å²) in [6, 6.07) is 15.3. The second-order valence-corrected chi connectivity index (χ2v) is 7.06. The largest absolute Gasteiger partial charge is 0.374 e. The van der Waals surface area contributed by atoms with E-state index in [-0.39, 0.29) is 17.9 Å². The van der Waals surface area contributed by atoms with Crippen LogP contribution in [0.25, 0.3) is 0 Å². The zero-order valence-corrected chi connectivity index (χ0v) is 14.9. The number of carbonyl (C=O) groups is 2. The molecule has 2 aliphatic rings. The van der Waals surface area contributed by atoms with Gasteiger partial charge in [0.15, 0.2) is 0 Å². The average molecular weight is 349 g/mol. The number of carbonyl (C=O) groups excluding carboxylic acids is 2. The summed E-state index contributed by atoms with van der Waals surface area (Å²) in [7, 11) is 0. The molecule has 1 aliphatic carbocycles. The summed E-state index contributed by atoms with van der Waals surface area (Å²) in [6.07, 6.45) is 3.05. The monoisotopic (exact) mass is 349 g/mol. The second-order valence-electron chi connectivity index (χ2n) is 7.06. The van der Waals surface area contributed by atoms with Crippen LogP contribution in [0.2, 0.25) is 0 Å². The van der Waals surface area contributed by atoms with E-state index in [9.17, 15) is 9.59 Å². The summed E-state index contributed by atoms with van der Waals surface area (Å²) < 4.78 is 0. The van der Waals surface area contributed by atoms with Crippen molar-refractivity contribution in [1.82, 2.24) is 5.32 Å². The first-order chi connectivity index (χ1) is 12.6. The van der Waals surface area contributed by atoms with Gasteiger partial charge in [0.1, 0.15) is 6.04 Å². The van der Waals surface area contributed by atoms with Crippen molar-refractivity contribution in [3.8, 4) is 0 Å². The Bertz CT molecular complexity index is 827. The van der Waals surface area contributed by atoms with E-state index in [1.807, 2.05) is 42.2 Å². The molecule has 5 heteroatoms. The quantitative estimate of drug-likeness (QED) is 0.872. The standard InChI is InChI=1S/C21H23N3O2/c1-14(21(26)24-13-12-15-4-2-3-5-19(15)24)22-17-8-6-16(7-9-17)20(25)23-18-10-11-18/h2-9,14,18,22H,10-13H2,1H3,(H,23,25). The maximum Gasteiger partial charge on any atom is 0.251 e. The van der Waals surface area contributed by atoms with Gasteiger partial charge < -0.3 is 15.5 Å². The van der Waals surface area contributed by atoms with Crippen molar-refractivity contribution in [3.05, 3.63) is 59.7 Å². The Morgan fingerprint density at radius 1 is 1.08 bits per heavy atom. The van der Waals surface area contributed by atoms with Gasteiger partial charge in [-0.25, -0.2) is 0 Å². The van der Waals surface area contributed by atoms with Crippen LogP contribution in [0.4, 0.5) is 11.4 Å². The van der Waals surface area contributed by atoms with Gasteiger partial charge in [0.05, 0.1) is 0 Å². The summed E-state index contributed by atoms with van der Waals surface area (Å²) in [4.78, 5) is 26.7. The Morgan fingerprint density at radius 3 is 2.54 bits per heavy atom. The summed E-state index contributed by atoms with van der Waals surface area (Å²) in [5.74, 6) is 0.0300. The number of hydrogen-bond acceptors (Lipinski definition) is 3. The Balaban J connectivity index is 1.39. The molecule has 0 aromatic heterocycles. The number of rotatable bonds is 5. The number of anilines is 2. The predicted molar refractivity (Wildman–Crippen MR) is 103 cm³/mol. The number of nitrogens with one attached hydrogen (secondary N) is 2. The Hall–Kier alpha value is -2.82. The third kappa shape index (κ3) is 3.43. The number of nitrogens with zero attached hydrogens (tertiary/aromatic N) is 1. The summed E-state index contributed by atoms with van der Waals surface area (Å²) in [6.45, 7) is 2.60. The van der Waals surface area contributed by atoms with E-state index in [2.05, 4.69) is 16.7 Å². The molecule has 134 valence electrons. The molecular formula is C21H23N3O2. The van der Waals surface area contributed by atoms with Crippen LogP contribution in [0.5, 0.6) is 0 Å². The smallest absolute Gasteiger partial charge is 0.251 e. The molecule has 5 nitrogen and oxygen atoms in total. The van der Waals surface area contributed by atoms with E-state index < -0.39 is 0 Å². The normalized spacial score (nSPS) is 16.7. The molecule has 2 aromatic carbocycles. The van der Waals surface area contributed by atoms with Crippen molar-refractivity contribution >= 4 is 23.2 Å². The lowest BCUT2D eigenvalue weighted by Gasteiger charge is -2.23. The average Bonchev–Trinajstić information content (AvgIpc) is 3.37. The van der Waals surface area contributed by atoms with Crippen LogP contribution in [0, 0.1) is 0 Å². The van der Waals surface area contributed by atoms with Crippen LogP contribution in [-0.4, -0.2) is 30.4 Å². The summed E-state index contributed by atoms with van der Waals surface area (Å²) in [5, 5.41) is 6.22. The molecule has 0 bridgehead atoms. The van der Waals surface area contributed by atoms with Crippen LogP contribution in [0.1, 0.15) is 35.7 Å². The van der Waals surface area contributed by atoms with Crippen molar-refractivity contribution < 1.29 is 9.59 Å². The maximum absolute atomic E-state index is 12.8. The number of hydrogen-bond donors (Lipinski definition) is 2. The Labute approximate surface area is 153 Å². The lowest BCUT2D eigenvalue weighted by atomic mass is 10.1. The highest BCUT2D eigenvalue weighted by Gasteiger charge is 2.28. The molecule has 1 atom stereocenters. The van der Waals surface area contributed by atoms with Gasteiger partial charge in [-0.3, -0.25) is 9.59 Å². The predicted octanol–water partition coefficient (Wildman–Crippen LogP) is 2.97. The third-order valence-corrected chi connectivity index (χ3v) is 4.97. The molecular weight excluding hydrogens is 326 g/mol. The fourth-order valence-corrected chi connectivity index (χ4v) is 3.33. The minimum absolute atomic E-state index is 0.0307. The summed E-state index contributed by atoms with van der Waals surface area (Å²) in [5.41, 5.74) is 3.72. The minimum Gasteiger partial charge on any atom is -0.374 e. The van der Waals surface area contributed by atoms with E-state index in [1.165, 1.54) is 5.56 Å². The van der Waals surface area contributed by atoms with Crippen molar-refractivity contribution in [2.75, 3.05) is 16.8 Å². The van der Waals surface area contributed by atoms with Gasteiger partial charge in [0.25, 0.3) is 5.91 Å². The van der Waals surface area contributed by atoms with E-state index in [0.29, 0.717) is 11.6 Å². The highest BCUT2D eigenvalue weighted by molar-refractivity contribution is 6.00. The summed E-state index contributed by atoms with van der Waals surface area (Å²) >= 11 is 0. The molecule has 2 aromatic rings. The molecule has 0 spiro atoms. The molecule has 2 N–H and O–H groups in total. The number of para-hydroxylation sites is 1. The zero-order valence-electron chi connectivity index (χ0n) is 14.9. The van der Waals surface area contributed by atoms with Crippen molar-refractivity contribution in [1.29, 1.82) is 0 Å². The van der Waals surface area contributed by atoms with E-state index in [4.69, 9.17) is 0 Å². The van der Waals surface area contributed by atoms with Gasteiger partial charge in [-0.2, -0.15) is 0 Å². The van der Waals surface area contributed by atoms with Crippen LogP contribution >= 0.6 is 0 Å². The maximum atomic E-state index is 12.8. The first-order valence-electron chi connectivity index (χ1n) is 9.18. The molecule has 0 saturated heterocycles. The number of amides is 2. The molecule has 1 aliphatic heterocycles. The van der Waals surface area contributed by atoms with Gasteiger partial charge in [-0.05, 0) is 62.1 Å². The third-order valence-electron chi connectivity index (χ3n) is 4.97. The highest BCUT2D eigenvalue weighted by Crippen LogP contribution is 2.28. The van der Waals surface area contributed by atoms with Gasteiger partial charge in [-0.15, -0.1) is 0 Å². The first-order valence-corrected chi connectivity index (χ1v) is 9.18. The topological polar surface area (TPSA) is 61.4 Å². The minimum atomic E-state index is -0.340. The molecule has 1 saturated carbocycles. The molecule has 0 radical (unpaired) electrons. The first kappa shape index (κ1) is 16.6. The lowest BCUT2D eigenvalue weighted by Crippen LogP contribution is -2.40. The Morgan fingerprint density at radius 2 is 1.81 bits per heavy atom. The fraction of sp³-hybridized carbons (Fsp3) is 0.333. The molecule has 1 unspecified atom stereocenters. The number of fused-ring (bicyclic) bond motifs is 1. The molecule has 1 fully saturated rings. The molecule has 1 heterocycles. The van der Waals surface area contributed by atoms with E-state index >= 15 is 0 Å². The van der Waals surface area contributed by atoms with Crippen LogP contribution in [0.3, 0.4) is 0 Å². The van der Waals surface area contributed by atoms with Crippen molar-refractivity contribution in [3.63, 3.8) is 0 Å². The number of benzene rings is 2. The van der Waals surface area contributed by atoms with Crippen molar-refractivity contribution in [2.24, 2.45) is 0 Å². The van der Waals surface area contributed by atoms with Crippen LogP contribution < -0.4 is 15.5 Å². The Kier molecular flexibility index (Phi) is 4.37. The van der Waals surface area contributed by atoms with Gasteiger partial charge >= 0.3 is 0 Å². The van der Waals surface area contributed by atoms with Crippen molar-refractivity contribution in [2.45, 2.75) is 38.3 Å². The van der Waals surface area contributed by atoms with Crippen LogP contribution in [0.15, 0.2) is 48.5 Å². The van der Waals surface area contributed by atoms with Gasteiger partial charge in [0.2, 0.25) is 5.91 Å². The van der Waals surface area contributed by atoms with E-state index in [0.717, 1.165) is 37.2 Å². The van der Waals surface area contributed by atoms with E-state index in [1.54, 1.807) is 12.1 Å². The highest BCUT2D eigenvalue weighted by atomic mass is 16.2. The fourth-order valence-electron chi connectivity index (χ4n) is 3.33. The SMILES string of the molecule is CC(Nc1ccc(C(=O)NC2CC2)cc1)C(=O)N1CCc2ccccc21. The molecule has 4 rings (SSSR count). The zero-order chi connectivity index (χ0) is 18.1. The van der Waals surface area contributed by atoms with Crippen LogP contribution in [-0.2, 0) is 11.2 Å². The lowest BCUT2D eigenvalue weighted by molar-refractivity contribution is -0.118.